The van der Waals surface area contributed by atoms with E-state index in [1.807, 2.05) is 0 Å². The minimum atomic E-state index is -0.933. The van der Waals surface area contributed by atoms with Gasteiger partial charge in [-0.25, -0.2) is 4.79 Å². The minimum absolute atomic E-state index is 0. The van der Waals surface area contributed by atoms with Gasteiger partial charge in [-0.2, -0.15) is 0 Å². The van der Waals surface area contributed by atoms with E-state index in [1.165, 1.54) is 0 Å². The average Bonchev–Trinajstić information content (AvgIpc) is 2.15. The molecule has 0 bridgehead atoms. The van der Waals surface area contributed by atoms with Crippen LogP contribution >= 0.6 is 35.6 Å². The van der Waals surface area contributed by atoms with Gasteiger partial charge < -0.3 is 16.2 Å². The predicted molar refractivity (Wildman–Crippen MR) is 70.3 cm³/mol. The molecule has 0 fully saturated rings. The summed E-state index contributed by atoms with van der Waals surface area (Å²) in [6.45, 7) is 0. The van der Waals surface area contributed by atoms with E-state index < -0.39 is 12.0 Å². The molecule has 4 N–H and O–H groups in total. The van der Waals surface area contributed by atoms with Gasteiger partial charge in [0, 0.05) is 27.3 Å². The molecule has 0 amide bonds. The molecule has 0 unspecified atom stereocenters. The van der Waals surface area contributed by atoms with Crippen LogP contribution in [0.3, 0.4) is 0 Å². The number of nitrogens with one attached hydrogen (secondary N) is 1. The Balaban J connectivity index is 0.00000144. The number of hydrogen-bond donors (Lipinski definition) is 3. The smallest absolute Gasteiger partial charge is 0.326 e. The van der Waals surface area contributed by atoms with Crippen LogP contribution < -0.4 is 11.1 Å². The van der Waals surface area contributed by atoms with Crippen molar-refractivity contribution in [1.29, 1.82) is 0 Å². The Morgan fingerprint density at radius 3 is 2.71 bits per heavy atom. The van der Waals surface area contributed by atoms with Crippen LogP contribution in [0.5, 0.6) is 0 Å². The summed E-state index contributed by atoms with van der Waals surface area (Å²) in [6, 6.07) is 2.15. The van der Waals surface area contributed by atoms with Gasteiger partial charge in [0.2, 0.25) is 0 Å². The molecule has 1 aliphatic heterocycles. The largest absolute Gasteiger partial charge is 0.480 e. The molecule has 94 valence electrons. The van der Waals surface area contributed by atoms with Crippen molar-refractivity contribution in [3.63, 3.8) is 0 Å². The van der Waals surface area contributed by atoms with Gasteiger partial charge in [-0.05, 0) is 18.6 Å². The monoisotopic (exact) mass is 296 g/mol. The number of carboxylic acids is 1. The highest BCUT2D eigenvalue weighted by Crippen LogP contribution is 2.38. The molecule has 7 heteroatoms. The fourth-order valence-electron chi connectivity index (χ4n) is 1.86. The summed E-state index contributed by atoms with van der Waals surface area (Å²) in [5, 5.41) is 12.7. The van der Waals surface area contributed by atoms with Crippen LogP contribution in [0, 0.1) is 0 Å². The van der Waals surface area contributed by atoms with Crippen LogP contribution in [0.1, 0.15) is 18.0 Å². The maximum atomic E-state index is 10.9. The quantitative estimate of drug-likeness (QED) is 0.745. The van der Waals surface area contributed by atoms with Crippen molar-refractivity contribution in [3.05, 3.63) is 27.7 Å². The number of anilines is 1. The maximum Gasteiger partial charge on any atom is 0.326 e. The van der Waals surface area contributed by atoms with Crippen LogP contribution in [-0.2, 0) is 4.79 Å². The summed E-state index contributed by atoms with van der Waals surface area (Å²) in [6.07, 6.45) is 0.309. The molecule has 2 rings (SSSR count). The number of aliphatic carboxylic acids is 1. The molecular weight excluding hydrogens is 286 g/mol. The lowest BCUT2D eigenvalue weighted by Crippen LogP contribution is -2.37. The van der Waals surface area contributed by atoms with Crippen LogP contribution in [0.2, 0.25) is 10.0 Å². The first-order chi connectivity index (χ1) is 7.49. The lowest BCUT2D eigenvalue weighted by Gasteiger charge is -2.29. The molecule has 2 atom stereocenters. The molecule has 1 aromatic carbocycles. The van der Waals surface area contributed by atoms with Crippen molar-refractivity contribution < 1.29 is 9.90 Å². The van der Waals surface area contributed by atoms with Crippen molar-refractivity contribution in [2.75, 3.05) is 5.32 Å². The first-order valence-corrected chi connectivity index (χ1v) is 5.48. The Morgan fingerprint density at radius 1 is 1.47 bits per heavy atom. The van der Waals surface area contributed by atoms with Gasteiger partial charge in [-0.3, -0.25) is 0 Å². The molecule has 0 spiro atoms. The zero-order valence-corrected chi connectivity index (χ0v) is 10.9. The topological polar surface area (TPSA) is 75.4 Å². The molecule has 0 radical (unpaired) electrons. The highest BCUT2D eigenvalue weighted by molar-refractivity contribution is 6.35. The van der Waals surface area contributed by atoms with Gasteiger partial charge in [0.1, 0.15) is 6.04 Å². The molecular formula is C10H11Cl3N2O2. The summed E-state index contributed by atoms with van der Waals surface area (Å²) in [5.74, 6) is -0.933. The molecule has 17 heavy (non-hydrogen) atoms. The normalized spacial score (nSPS) is 22.1. The van der Waals surface area contributed by atoms with Gasteiger partial charge in [-0.1, -0.05) is 23.2 Å². The van der Waals surface area contributed by atoms with Gasteiger partial charge in [0.05, 0.1) is 0 Å². The van der Waals surface area contributed by atoms with Gasteiger partial charge >= 0.3 is 5.97 Å². The SMILES string of the molecule is Cl.N[C@H]1C[C@@H](C(=O)O)Nc2cc(Cl)cc(Cl)c21. The number of halogens is 3. The molecule has 1 heterocycles. The number of fused-ring (bicyclic) bond motifs is 1. The Hall–Kier alpha value is -0.680. The number of rotatable bonds is 1. The Morgan fingerprint density at radius 2 is 2.12 bits per heavy atom. The fourth-order valence-corrected chi connectivity index (χ4v) is 2.50. The van der Waals surface area contributed by atoms with E-state index in [1.54, 1.807) is 12.1 Å². The van der Waals surface area contributed by atoms with Crippen LogP contribution in [0.15, 0.2) is 12.1 Å². The van der Waals surface area contributed by atoms with Crippen LogP contribution in [-0.4, -0.2) is 17.1 Å². The molecule has 1 aliphatic rings. The number of nitrogens with two attached hydrogens (primary N) is 1. The maximum absolute atomic E-state index is 10.9. The summed E-state index contributed by atoms with van der Waals surface area (Å²) in [4.78, 5) is 10.9. The first-order valence-electron chi connectivity index (χ1n) is 4.73. The zero-order chi connectivity index (χ0) is 11.9. The average molecular weight is 298 g/mol. The predicted octanol–water partition coefficient (Wildman–Crippen LogP) is 2.68. The molecule has 0 saturated carbocycles. The number of benzene rings is 1. The Kier molecular flexibility index (Phi) is 4.49. The van der Waals surface area contributed by atoms with E-state index in [0.29, 0.717) is 22.2 Å². The molecule has 0 aromatic heterocycles. The molecule has 0 saturated heterocycles. The molecule has 0 aliphatic carbocycles. The highest BCUT2D eigenvalue weighted by atomic mass is 35.5. The van der Waals surface area contributed by atoms with E-state index in [4.69, 9.17) is 34.0 Å². The van der Waals surface area contributed by atoms with Crippen LogP contribution in [0.4, 0.5) is 5.69 Å². The highest BCUT2D eigenvalue weighted by Gasteiger charge is 2.30. The standard InChI is InChI=1S/C10H10Cl2N2O2.ClH/c11-4-1-5(12)9-6(13)3-8(10(15)16)14-7(9)2-4;/h1-2,6,8,14H,3,13H2,(H,15,16);1H/t6-,8-;/m0./s1. The number of hydrogen-bond acceptors (Lipinski definition) is 3. The van der Waals surface area contributed by atoms with Crippen molar-refractivity contribution in [3.8, 4) is 0 Å². The Bertz CT molecular complexity index is 453. The third-order valence-corrected chi connectivity index (χ3v) is 3.11. The van der Waals surface area contributed by atoms with Crippen molar-refractivity contribution in [2.45, 2.75) is 18.5 Å². The third kappa shape index (κ3) is 2.77. The van der Waals surface area contributed by atoms with E-state index in [2.05, 4.69) is 5.32 Å². The lowest BCUT2D eigenvalue weighted by atomic mass is 9.93. The summed E-state index contributed by atoms with van der Waals surface area (Å²) < 4.78 is 0. The molecule has 1 aromatic rings. The summed E-state index contributed by atoms with van der Waals surface area (Å²) in [5.41, 5.74) is 7.22. The lowest BCUT2D eigenvalue weighted by molar-refractivity contribution is -0.138. The minimum Gasteiger partial charge on any atom is -0.480 e. The summed E-state index contributed by atoms with van der Waals surface area (Å²) in [7, 11) is 0. The Labute approximate surface area is 114 Å². The summed E-state index contributed by atoms with van der Waals surface area (Å²) >= 11 is 11.9. The van der Waals surface area contributed by atoms with Gasteiger partial charge in [-0.15, -0.1) is 12.4 Å². The second kappa shape index (κ2) is 5.31. The van der Waals surface area contributed by atoms with Gasteiger partial charge in [0.25, 0.3) is 0 Å². The first kappa shape index (κ1) is 14.4. The van der Waals surface area contributed by atoms with Crippen LogP contribution in [0.25, 0.3) is 0 Å². The van der Waals surface area contributed by atoms with Gasteiger partial charge in [0.15, 0.2) is 0 Å². The van der Waals surface area contributed by atoms with Crippen molar-refractivity contribution >= 4 is 47.3 Å². The van der Waals surface area contributed by atoms with Crippen molar-refractivity contribution in [2.24, 2.45) is 5.73 Å². The van der Waals surface area contributed by atoms with E-state index in [-0.39, 0.29) is 18.4 Å². The zero-order valence-electron chi connectivity index (χ0n) is 8.61. The fraction of sp³-hybridized carbons (Fsp3) is 0.300. The van der Waals surface area contributed by atoms with E-state index in [0.717, 1.165) is 5.56 Å². The molecule has 4 nitrogen and oxygen atoms in total. The number of carbonyl (C=O) groups is 1. The number of carboxylic acid groups (broad SMARTS) is 1. The third-order valence-electron chi connectivity index (χ3n) is 2.58. The second-order valence-corrected chi connectivity index (χ2v) is 4.57. The second-order valence-electron chi connectivity index (χ2n) is 3.73. The van der Waals surface area contributed by atoms with E-state index >= 15 is 0 Å². The van der Waals surface area contributed by atoms with E-state index in [9.17, 15) is 4.79 Å². The van der Waals surface area contributed by atoms with Crippen molar-refractivity contribution in [1.82, 2.24) is 0 Å².